The zero-order chi connectivity index (χ0) is 6.85. The summed E-state index contributed by atoms with van der Waals surface area (Å²) in [5, 5.41) is 2.05. The van der Waals surface area contributed by atoms with Crippen LogP contribution in [0.3, 0.4) is 0 Å². The minimum atomic E-state index is -0.448. The van der Waals surface area contributed by atoms with Gasteiger partial charge in [-0.3, -0.25) is 9.59 Å². The van der Waals surface area contributed by atoms with Crippen LogP contribution in [0.15, 0.2) is 21.7 Å². The molecule has 0 fully saturated rings. The third kappa shape index (κ3) is 1.20. The third-order valence-corrected chi connectivity index (χ3v) is 1.03. The molecule has 0 radical (unpaired) electrons. The number of halogens is 1. The van der Waals surface area contributed by atoms with Gasteiger partial charge < -0.3 is 0 Å². The number of nitrogens with zero attached hydrogens (tertiary/aromatic N) is 1. The van der Waals surface area contributed by atoms with Crippen molar-refractivity contribution in [2.24, 2.45) is 0 Å². The zero-order valence-electron chi connectivity index (χ0n) is 4.30. The van der Waals surface area contributed by atoms with E-state index in [0.29, 0.717) is 4.20 Å². The highest BCUT2D eigenvalue weighted by Gasteiger charge is 1.87. The number of H-pyrrole nitrogens is 1. The van der Waals surface area contributed by atoms with Crippen molar-refractivity contribution in [1.82, 2.24) is 9.30 Å². The number of nitrogens with one attached hydrogen (secondary N) is 1. The number of rotatable bonds is 0. The van der Waals surface area contributed by atoms with Crippen molar-refractivity contribution >= 4 is 11.8 Å². The van der Waals surface area contributed by atoms with E-state index in [2.05, 4.69) is 5.10 Å². The van der Waals surface area contributed by atoms with Gasteiger partial charge in [-0.15, -0.1) is 0 Å². The van der Waals surface area contributed by atoms with E-state index in [1.54, 1.807) is 0 Å². The van der Waals surface area contributed by atoms with E-state index in [0.717, 1.165) is 12.1 Å². The highest BCUT2D eigenvalue weighted by Crippen LogP contribution is 1.68. The lowest BCUT2D eigenvalue weighted by Crippen LogP contribution is -2.21. The molecular formula is C4H3ClN2O2. The average Bonchev–Trinajstić information content (AvgIpc) is 1.80. The first kappa shape index (κ1) is 6.10. The molecule has 1 N–H and O–H groups in total. The number of aromatic nitrogens is 2. The Morgan fingerprint density at radius 3 is 2.56 bits per heavy atom. The van der Waals surface area contributed by atoms with E-state index in [1.165, 1.54) is 0 Å². The Kier molecular flexibility index (Phi) is 1.40. The Hall–Kier alpha value is -1.03. The highest BCUT2D eigenvalue weighted by molar-refractivity contribution is 6.14. The molecule has 9 heavy (non-hydrogen) atoms. The fourth-order valence-corrected chi connectivity index (χ4v) is 0.541. The van der Waals surface area contributed by atoms with Gasteiger partial charge in [-0.1, -0.05) is 0 Å². The maximum absolute atomic E-state index is 10.4. The first-order valence-corrected chi connectivity index (χ1v) is 2.52. The van der Waals surface area contributed by atoms with E-state index in [1.807, 2.05) is 0 Å². The molecule has 0 aliphatic rings. The summed E-state index contributed by atoms with van der Waals surface area (Å²) in [6, 6.07) is 2.20. The van der Waals surface area contributed by atoms with Gasteiger partial charge in [0.15, 0.2) is 0 Å². The lowest BCUT2D eigenvalue weighted by Gasteiger charge is -1.86. The van der Waals surface area contributed by atoms with Crippen LogP contribution in [0, 0.1) is 0 Å². The minimum Gasteiger partial charge on any atom is -0.268 e. The smallest absolute Gasteiger partial charge is 0.268 e. The maximum atomic E-state index is 10.4. The Balaban J connectivity index is 3.52. The Morgan fingerprint density at radius 2 is 2.11 bits per heavy atom. The van der Waals surface area contributed by atoms with Crippen molar-refractivity contribution < 1.29 is 0 Å². The van der Waals surface area contributed by atoms with Crippen LogP contribution >= 0.6 is 11.8 Å². The lowest BCUT2D eigenvalue weighted by molar-refractivity contribution is 0.874. The van der Waals surface area contributed by atoms with E-state index >= 15 is 0 Å². The van der Waals surface area contributed by atoms with E-state index in [-0.39, 0.29) is 0 Å². The number of hydrogen-bond acceptors (Lipinski definition) is 2. The van der Waals surface area contributed by atoms with E-state index in [9.17, 15) is 9.59 Å². The van der Waals surface area contributed by atoms with Crippen LogP contribution < -0.4 is 11.1 Å². The first-order chi connectivity index (χ1) is 4.20. The van der Waals surface area contributed by atoms with Crippen LogP contribution in [0.4, 0.5) is 0 Å². The lowest BCUT2D eigenvalue weighted by atomic mass is 10.6. The summed E-state index contributed by atoms with van der Waals surface area (Å²) >= 11 is 5.16. The molecule has 0 atom stereocenters. The molecule has 1 rings (SSSR count). The molecule has 0 saturated carbocycles. The summed E-state index contributed by atoms with van der Waals surface area (Å²) in [6.45, 7) is 0. The number of aromatic amines is 1. The van der Waals surface area contributed by atoms with Crippen LogP contribution in [0.1, 0.15) is 0 Å². The van der Waals surface area contributed by atoms with Gasteiger partial charge in [0.25, 0.3) is 11.1 Å². The molecule has 0 spiro atoms. The fourth-order valence-electron chi connectivity index (χ4n) is 0.402. The van der Waals surface area contributed by atoms with Gasteiger partial charge in [0.1, 0.15) is 0 Å². The molecule has 0 amide bonds. The fraction of sp³-hybridized carbons (Fsp3) is 0. The summed E-state index contributed by atoms with van der Waals surface area (Å²) in [6.07, 6.45) is 0. The molecule has 0 saturated heterocycles. The largest absolute Gasteiger partial charge is 0.280 e. The summed E-state index contributed by atoms with van der Waals surface area (Å²) in [7, 11) is 0. The predicted molar refractivity (Wildman–Crippen MR) is 32.6 cm³/mol. The predicted octanol–water partition coefficient (Wildman–Crippen LogP) is -0.461. The maximum Gasteiger partial charge on any atom is 0.280 e. The van der Waals surface area contributed by atoms with Gasteiger partial charge in [0.2, 0.25) is 0 Å². The van der Waals surface area contributed by atoms with Gasteiger partial charge in [-0.05, 0) is 0 Å². The van der Waals surface area contributed by atoms with Crippen molar-refractivity contribution in [2.45, 2.75) is 0 Å². The van der Waals surface area contributed by atoms with Crippen LogP contribution in [0.5, 0.6) is 0 Å². The standard InChI is InChI=1S/C4H3ClN2O2/c5-7-4(9)2-1-3(8)6-7/h1-2H,(H,6,8). The van der Waals surface area contributed by atoms with Gasteiger partial charge in [0.05, 0.1) is 0 Å². The molecule has 0 aromatic carbocycles. The second-order valence-electron chi connectivity index (χ2n) is 1.43. The molecule has 1 aromatic rings. The molecule has 0 unspecified atom stereocenters. The van der Waals surface area contributed by atoms with Crippen molar-refractivity contribution in [3.63, 3.8) is 0 Å². The van der Waals surface area contributed by atoms with Gasteiger partial charge in [-0.2, -0.15) is 4.20 Å². The normalized spacial score (nSPS) is 9.44. The van der Waals surface area contributed by atoms with E-state index in [4.69, 9.17) is 11.8 Å². The van der Waals surface area contributed by atoms with Gasteiger partial charge >= 0.3 is 0 Å². The topological polar surface area (TPSA) is 54.9 Å². The molecule has 1 aromatic heterocycles. The second kappa shape index (κ2) is 2.06. The third-order valence-electron chi connectivity index (χ3n) is 0.779. The Bertz CT molecular complexity index is 313. The molecule has 48 valence electrons. The van der Waals surface area contributed by atoms with Crippen LogP contribution in [-0.2, 0) is 0 Å². The molecule has 4 nitrogen and oxygen atoms in total. The quantitative estimate of drug-likeness (QED) is 0.539. The average molecular weight is 147 g/mol. The zero-order valence-corrected chi connectivity index (χ0v) is 5.05. The van der Waals surface area contributed by atoms with E-state index < -0.39 is 11.1 Å². The highest BCUT2D eigenvalue weighted by atomic mass is 35.5. The van der Waals surface area contributed by atoms with Crippen molar-refractivity contribution in [3.05, 3.63) is 32.8 Å². The molecular weight excluding hydrogens is 144 g/mol. The molecule has 5 heteroatoms. The molecule has 1 heterocycles. The second-order valence-corrected chi connectivity index (χ2v) is 1.77. The van der Waals surface area contributed by atoms with Crippen LogP contribution in [0.2, 0.25) is 0 Å². The Morgan fingerprint density at radius 1 is 1.44 bits per heavy atom. The summed E-state index contributed by atoms with van der Waals surface area (Å²) in [5.41, 5.74) is -0.846. The summed E-state index contributed by atoms with van der Waals surface area (Å²) in [4.78, 5) is 20.8. The van der Waals surface area contributed by atoms with Crippen LogP contribution in [0.25, 0.3) is 0 Å². The Labute approximate surface area is 54.8 Å². The first-order valence-electron chi connectivity index (χ1n) is 2.19. The molecule has 0 bridgehead atoms. The van der Waals surface area contributed by atoms with Crippen molar-refractivity contribution in [2.75, 3.05) is 0 Å². The monoisotopic (exact) mass is 146 g/mol. The van der Waals surface area contributed by atoms with Crippen molar-refractivity contribution in [3.8, 4) is 0 Å². The number of hydrogen-bond donors (Lipinski definition) is 1. The SMILES string of the molecule is O=c1ccc(=O)n(Cl)[nH]1. The van der Waals surface area contributed by atoms with Gasteiger partial charge in [0, 0.05) is 23.9 Å². The summed E-state index contributed by atoms with van der Waals surface area (Å²) in [5.74, 6) is 0. The molecule has 0 aliphatic carbocycles. The minimum absolute atomic E-state index is 0.399. The summed E-state index contributed by atoms with van der Waals surface area (Å²) < 4.78 is 0.600. The van der Waals surface area contributed by atoms with Crippen molar-refractivity contribution in [1.29, 1.82) is 0 Å². The van der Waals surface area contributed by atoms with Crippen LogP contribution in [-0.4, -0.2) is 9.30 Å². The van der Waals surface area contributed by atoms with Gasteiger partial charge in [-0.25, -0.2) is 5.10 Å². The molecule has 0 aliphatic heterocycles.